The van der Waals surface area contributed by atoms with Gasteiger partial charge in [-0.3, -0.25) is 24.1 Å². The molecule has 0 aromatic heterocycles. The number of benzene rings is 1. The molecular formula is C21H30N6O4. The first-order valence-electron chi connectivity index (χ1n) is 10.5. The van der Waals surface area contributed by atoms with E-state index in [0.717, 1.165) is 26.2 Å². The van der Waals surface area contributed by atoms with Gasteiger partial charge in [-0.25, -0.2) is 0 Å². The van der Waals surface area contributed by atoms with Crippen LogP contribution in [0, 0.1) is 0 Å². The molecule has 1 unspecified atom stereocenters. The van der Waals surface area contributed by atoms with Crippen LogP contribution in [0.4, 0.5) is 11.4 Å². The lowest BCUT2D eigenvalue weighted by Crippen LogP contribution is -2.60. The third-order valence-corrected chi connectivity index (χ3v) is 5.47. The van der Waals surface area contributed by atoms with Gasteiger partial charge in [0.25, 0.3) is 0 Å². The highest BCUT2D eigenvalue weighted by atomic mass is 16.2. The highest BCUT2D eigenvalue weighted by Gasteiger charge is 2.35. The smallest absolute Gasteiger partial charge is 0.243 e. The summed E-state index contributed by atoms with van der Waals surface area (Å²) < 4.78 is 0. The molecular weight excluding hydrogens is 400 g/mol. The second kappa shape index (κ2) is 10.4. The van der Waals surface area contributed by atoms with Crippen LogP contribution in [0.5, 0.6) is 0 Å². The van der Waals surface area contributed by atoms with Crippen molar-refractivity contribution in [1.82, 2.24) is 20.0 Å². The topological polar surface area (TPSA) is 114 Å². The van der Waals surface area contributed by atoms with Crippen LogP contribution in [0.25, 0.3) is 0 Å². The van der Waals surface area contributed by atoms with Crippen LogP contribution >= 0.6 is 0 Å². The fraction of sp³-hybridized carbons (Fsp3) is 0.524. The third kappa shape index (κ3) is 6.50. The molecule has 2 aliphatic heterocycles. The third-order valence-electron chi connectivity index (χ3n) is 5.47. The minimum absolute atomic E-state index is 0.117. The van der Waals surface area contributed by atoms with E-state index in [1.807, 2.05) is 0 Å². The lowest BCUT2D eigenvalue weighted by atomic mass is 10.1. The summed E-state index contributed by atoms with van der Waals surface area (Å²) in [5.41, 5.74) is 1.17. The molecule has 2 fully saturated rings. The summed E-state index contributed by atoms with van der Waals surface area (Å²) >= 11 is 0. The maximum Gasteiger partial charge on any atom is 0.243 e. The van der Waals surface area contributed by atoms with Crippen molar-refractivity contribution in [3.63, 3.8) is 0 Å². The Labute approximate surface area is 181 Å². The van der Waals surface area contributed by atoms with Crippen molar-refractivity contribution in [2.24, 2.45) is 0 Å². The first-order chi connectivity index (χ1) is 14.8. The molecule has 0 spiro atoms. The summed E-state index contributed by atoms with van der Waals surface area (Å²) in [6.45, 7) is 5.87. The molecule has 3 N–H and O–H groups in total. The molecule has 3 rings (SSSR count). The number of hydrogen-bond acceptors (Lipinski definition) is 6. The van der Waals surface area contributed by atoms with E-state index in [9.17, 15) is 19.2 Å². The summed E-state index contributed by atoms with van der Waals surface area (Å²) in [4.78, 5) is 54.8. The Bertz CT molecular complexity index is 820. The summed E-state index contributed by atoms with van der Waals surface area (Å²) in [6.07, 6.45) is -0.117. The van der Waals surface area contributed by atoms with E-state index in [4.69, 9.17) is 0 Å². The van der Waals surface area contributed by atoms with Gasteiger partial charge in [-0.15, -0.1) is 0 Å². The molecule has 1 atom stereocenters. The monoisotopic (exact) mass is 430 g/mol. The van der Waals surface area contributed by atoms with Gasteiger partial charge >= 0.3 is 0 Å². The van der Waals surface area contributed by atoms with E-state index < -0.39 is 6.04 Å². The number of nitrogens with zero attached hydrogens (tertiary/aromatic N) is 3. The lowest BCUT2D eigenvalue weighted by Gasteiger charge is -2.37. The zero-order chi connectivity index (χ0) is 22.4. The molecule has 2 aliphatic rings. The van der Waals surface area contributed by atoms with Crippen molar-refractivity contribution in [2.75, 3.05) is 63.5 Å². The standard InChI is InChI=1S/C21H30N6O4/c1-15(28)23-16-3-5-17(6-4-16)24-19(29)13-18-21(31)22-7-8-27(18)20(30)14-26-11-9-25(2)10-12-26/h3-6,18H,7-14H2,1-2H3,(H,22,31)(H,23,28)(H,24,29). The van der Waals surface area contributed by atoms with Crippen LogP contribution in [0.15, 0.2) is 24.3 Å². The van der Waals surface area contributed by atoms with Crippen molar-refractivity contribution >= 4 is 35.0 Å². The maximum atomic E-state index is 12.9. The predicted molar refractivity (Wildman–Crippen MR) is 116 cm³/mol. The van der Waals surface area contributed by atoms with Crippen molar-refractivity contribution in [2.45, 2.75) is 19.4 Å². The van der Waals surface area contributed by atoms with Gasteiger partial charge in [0, 0.05) is 57.6 Å². The molecule has 1 aromatic carbocycles. The van der Waals surface area contributed by atoms with Crippen LogP contribution in [-0.4, -0.2) is 97.2 Å². The van der Waals surface area contributed by atoms with Crippen LogP contribution < -0.4 is 16.0 Å². The Morgan fingerprint density at radius 2 is 1.61 bits per heavy atom. The van der Waals surface area contributed by atoms with E-state index in [1.54, 1.807) is 24.3 Å². The van der Waals surface area contributed by atoms with Crippen molar-refractivity contribution in [3.8, 4) is 0 Å². The van der Waals surface area contributed by atoms with Crippen LogP contribution in [-0.2, 0) is 19.2 Å². The van der Waals surface area contributed by atoms with Gasteiger partial charge in [-0.05, 0) is 31.3 Å². The number of amides is 4. The number of anilines is 2. The van der Waals surface area contributed by atoms with Gasteiger partial charge in [-0.1, -0.05) is 0 Å². The fourth-order valence-corrected chi connectivity index (χ4v) is 3.73. The maximum absolute atomic E-state index is 12.9. The van der Waals surface area contributed by atoms with E-state index in [1.165, 1.54) is 11.8 Å². The Morgan fingerprint density at radius 3 is 2.23 bits per heavy atom. The Hall–Kier alpha value is -2.98. The van der Waals surface area contributed by atoms with Gasteiger partial charge < -0.3 is 25.8 Å². The summed E-state index contributed by atoms with van der Waals surface area (Å²) in [7, 11) is 2.05. The van der Waals surface area contributed by atoms with Gasteiger partial charge in [-0.2, -0.15) is 0 Å². The minimum Gasteiger partial charge on any atom is -0.353 e. The molecule has 1 aromatic rings. The summed E-state index contributed by atoms with van der Waals surface area (Å²) in [5.74, 6) is -0.973. The second-order valence-corrected chi connectivity index (χ2v) is 7.98. The van der Waals surface area contributed by atoms with E-state index in [2.05, 4.69) is 32.8 Å². The summed E-state index contributed by atoms with van der Waals surface area (Å²) in [6, 6.07) is 5.86. The molecule has 0 bridgehead atoms. The molecule has 0 aliphatic carbocycles. The average molecular weight is 431 g/mol. The van der Waals surface area contributed by atoms with Gasteiger partial charge in [0.1, 0.15) is 6.04 Å². The van der Waals surface area contributed by atoms with Crippen molar-refractivity contribution in [1.29, 1.82) is 0 Å². The molecule has 2 heterocycles. The number of hydrogen-bond donors (Lipinski definition) is 3. The van der Waals surface area contributed by atoms with E-state index in [0.29, 0.717) is 24.5 Å². The molecule has 2 saturated heterocycles. The van der Waals surface area contributed by atoms with Crippen LogP contribution in [0.3, 0.4) is 0 Å². The molecule has 168 valence electrons. The molecule has 4 amide bonds. The SMILES string of the molecule is CC(=O)Nc1ccc(NC(=O)CC2C(=O)NCCN2C(=O)CN2CCN(C)CC2)cc1. The van der Waals surface area contributed by atoms with Crippen molar-refractivity contribution < 1.29 is 19.2 Å². The summed E-state index contributed by atoms with van der Waals surface area (Å²) in [5, 5.41) is 8.15. The minimum atomic E-state index is -0.827. The largest absolute Gasteiger partial charge is 0.353 e. The van der Waals surface area contributed by atoms with Gasteiger partial charge in [0.05, 0.1) is 13.0 Å². The van der Waals surface area contributed by atoms with Gasteiger partial charge in [0.15, 0.2) is 0 Å². The number of nitrogens with one attached hydrogen (secondary N) is 3. The molecule has 0 saturated carbocycles. The molecule has 0 radical (unpaired) electrons. The molecule has 31 heavy (non-hydrogen) atoms. The number of piperazine rings is 2. The first-order valence-corrected chi connectivity index (χ1v) is 10.5. The molecule has 10 nitrogen and oxygen atoms in total. The highest BCUT2D eigenvalue weighted by Crippen LogP contribution is 2.16. The van der Waals surface area contributed by atoms with Crippen LogP contribution in [0.2, 0.25) is 0 Å². The van der Waals surface area contributed by atoms with E-state index in [-0.39, 0.29) is 36.6 Å². The second-order valence-electron chi connectivity index (χ2n) is 7.98. The Balaban J connectivity index is 1.57. The quantitative estimate of drug-likeness (QED) is 0.563. The highest BCUT2D eigenvalue weighted by molar-refractivity contribution is 5.98. The zero-order valence-electron chi connectivity index (χ0n) is 18.0. The van der Waals surface area contributed by atoms with E-state index >= 15 is 0 Å². The first kappa shape index (κ1) is 22.7. The van der Waals surface area contributed by atoms with Crippen LogP contribution in [0.1, 0.15) is 13.3 Å². The fourth-order valence-electron chi connectivity index (χ4n) is 3.73. The number of carbonyl (C=O) groups excluding carboxylic acids is 4. The lowest BCUT2D eigenvalue weighted by molar-refractivity contribution is -0.145. The normalized spacial score (nSPS) is 20.1. The van der Waals surface area contributed by atoms with Crippen molar-refractivity contribution in [3.05, 3.63) is 24.3 Å². The number of carbonyl (C=O) groups is 4. The molecule has 10 heteroatoms. The average Bonchev–Trinajstić information content (AvgIpc) is 2.72. The Kier molecular flexibility index (Phi) is 7.59. The number of rotatable bonds is 6. The number of likely N-dealkylation sites (N-methyl/N-ethyl adjacent to an activating group) is 1. The zero-order valence-corrected chi connectivity index (χ0v) is 18.0. The Morgan fingerprint density at radius 1 is 1.00 bits per heavy atom. The van der Waals surface area contributed by atoms with Gasteiger partial charge in [0.2, 0.25) is 23.6 Å². The predicted octanol–water partition coefficient (Wildman–Crippen LogP) is -0.452.